The van der Waals surface area contributed by atoms with E-state index in [4.69, 9.17) is 10.5 Å². The predicted octanol–water partition coefficient (Wildman–Crippen LogP) is 3.63. The van der Waals surface area contributed by atoms with E-state index in [1.165, 1.54) is 30.5 Å². The quantitative estimate of drug-likeness (QED) is 0.577. The third-order valence-electron chi connectivity index (χ3n) is 7.62. The second-order valence-electron chi connectivity index (χ2n) is 9.96. The Kier molecular flexibility index (Phi) is 7.23. The van der Waals surface area contributed by atoms with Crippen LogP contribution < -0.4 is 16.0 Å². The number of ether oxygens (including phenoxy) is 1. The Hall–Kier alpha value is -2.60. The maximum atomic E-state index is 12.1. The van der Waals surface area contributed by atoms with Crippen LogP contribution in [-0.2, 0) is 19.3 Å². The minimum atomic E-state index is -0.655. The number of aryl methyl sites for hydroxylation is 3. The van der Waals surface area contributed by atoms with Gasteiger partial charge in [-0.25, -0.2) is 0 Å². The molecular weight excluding hydrogens is 414 g/mol. The Bertz CT molecular complexity index is 1060. The van der Waals surface area contributed by atoms with Crippen molar-refractivity contribution in [3.05, 3.63) is 62.6 Å². The van der Waals surface area contributed by atoms with Gasteiger partial charge in [0.1, 0.15) is 11.3 Å². The first-order chi connectivity index (χ1) is 15.9. The summed E-state index contributed by atoms with van der Waals surface area (Å²) < 4.78 is 5.41. The molecule has 2 unspecified atom stereocenters. The van der Waals surface area contributed by atoms with Gasteiger partial charge >= 0.3 is 0 Å². The number of nitrogens with one attached hydrogen (secondary N) is 1. The van der Waals surface area contributed by atoms with E-state index >= 15 is 0 Å². The first kappa shape index (κ1) is 23.6. The van der Waals surface area contributed by atoms with E-state index < -0.39 is 5.91 Å². The molecule has 6 nitrogen and oxygen atoms in total. The van der Waals surface area contributed by atoms with Crippen LogP contribution in [0.5, 0.6) is 5.75 Å². The summed E-state index contributed by atoms with van der Waals surface area (Å²) in [7, 11) is 1.72. The molecule has 2 aromatic rings. The van der Waals surface area contributed by atoms with E-state index in [0.29, 0.717) is 12.0 Å². The number of carbonyl (C=O) groups is 1. The van der Waals surface area contributed by atoms with Gasteiger partial charge in [0.2, 0.25) is 0 Å². The van der Waals surface area contributed by atoms with Gasteiger partial charge in [-0.05, 0) is 112 Å². The molecule has 0 spiro atoms. The Morgan fingerprint density at radius 1 is 1.27 bits per heavy atom. The lowest BCUT2D eigenvalue weighted by Gasteiger charge is -2.37. The average molecular weight is 452 g/mol. The molecule has 2 aliphatic carbocycles. The van der Waals surface area contributed by atoms with E-state index in [2.05, 4.69) is 35.9 Å². The fraction of sp³-hybridized carbons (Fsp3) is 0.556. The number of hydrogen-bond acceptors (Lipinski definition) is 4. The minimum Gasteiger partial charge on any atom is -0.497 e. The smallest absolute Gasteiger partial charge is 0.261 e. The van der Waals surface area contributed by atoms with E-state index in [-0.39, 0.29) is 11.1 Å². The van der Waals surface area contributed by atoms with Crippen LogP contribution in [0.3, 0.4) is 0 Å². The van der Waals surface area contributed by atoms with Crippen molar-refractivity contribution in [1.82, 2.24) is 9.88 Å². The number of hydrogen-bond donors (Lipinski definition) is 2. The SMILES string of the molecule is COc1ccc(C)c(CCCN(CC2CC2)C(C)C2CCc3[nH]c(=O)c(C(N)=O)cc3C2)c1. The molecule has 1 saturated carbocycles. The lowest BCUT2D eigenvalue weighted by Crippen LogP contribution is -2.43. The molecule has 1 amide bonds. The van der Waals surface area contributed by atoms with Gasteiger partial charge in [0.15, 0.2) is 0 Å². The molecule has 33 heavy (non-hydrogen) atoms. The number of benzene rings is 1. The topological polar surface area (TPSA) is 88.4 Å². The molecule has 2 aliphatic rings. The zero-order valence-corrected chi connectivity index (χ0v) is 20.2. The number of amides is 1. The van der Waals surface area contributed by atoms with Crippen molar-refractivity contribution in [2.24, 2.45) is 17.6 Å². The number of carbonyl (C=O) groups excluding carboxylic acids is 1. The zero-order chi connectivity index (χ0) is 23.5. The molecule has 0 radical (unpaired) electrons. The minimum absolute atomic E-state index is 0.0746. The highest BCUT2D eigenvalue weighted by atomic mass is 16.5. The van der Waals surface area contributed by atoms with Gasteiger partial charge in [-0.2, -0.15) is 0 Å². The number of primary amides is 1. The van der Waals surface area contributed by atoms with E-state index in [9.17, 15) is 9.59 Å². The predicted molar refractivity (Wildman–Crippen MR) is 131 cm³/mol. The highest BCUT2D eigenvalue weighted by molar-refractivity contribution is 5.92. The summed E-state index contributed by atoms with van der Waals surface area (Å²) in [5.41, 5.74) is 9.84. The summed E-state index contributed by atoms with van der Waals surface area (Å²) in [6, 6.07) is 8.51. The standard InChI is InChI=1S/C27H37N3O3/c1-17-6-10-23(33-3)14-20(17)5-4-12-30(16-19-7-8-19)18(2)21-9-11-25-22(13-21)15-24(26(28)31)27(32)29-25/h6,10,14-15,18-19,21H,4-5,7-9,11-13,16H2,1-3H3,(H2,28,31)(H,29,32). The number of H-pyrrole nitrogens is 1. The highest BCUT2D eigenvalue weighted by Gasteiger charge is 2.32. The van der Waals surface area contributed by atoms with E-state index in [0.717, 1.165) is 61.6 Å². The van der Waals surface area contributed by atoms with Gasteiger partial charge in [0.25, 0.3) is 11.5 Å². The van der Waals surface area contributed by atoms with Crippen molar-refractivity contribution in [2.45, 2.75) is 64.8 Å². The average Bonchev–Trinajstić information content (AvgIpc) is 3.62. The Labute approximate surface area is 196 Å². The molecule has 1 aromatic heterocycles. The molecule has 1 fully saturated rings. The number of aromatic amines is 1. The number of fused-ring (bicyclic) bond motifs is 1. The second-order valence-corrected chi connectivity index (χ2v) is 9.96. The van der Waals surface area contributed by atoms with Crippen LogP contribution in [0.1, 0.15) is 65.3 Å². The maximum Gasteiger partial charge on any atom is 0.261 e. The van der Waals surface area contributed by atoms with Crippen LogP contribution in [0.2, 0.25) is 0 Å². The fourth-order valence-corrected chi connectivity index (χ4v) is 5.23. The van der Waals surface area contributed by atoms with Gasteiger partial charge in [0.05, 0.1) is 7.11 Å². The fourth-order valence-electron chi connectivity index (χ4n) is 5.23. The molecule has 178 valence electrons. The summed E-state index contributed by atoms with van der Waals surface area (Å²) in [6.45, 7) is 6.77. The van der Waals surface area contributed by atoms with Crippen LogP contribution in [0.25, 0.3) is 0 Å². The number of methoxy groups -OCH3 is 1. The zero-order valence-electron chi connectivity index (χ0n) is 20.2. The molecule has 2 atom stereocenters. The Morgan fingerprint density at radius 3 is 2.76 bits per heavy atom. The number of pyridine rings is 1. The summed E-state index contributed by atoms with van der Waals surface area (Å²) in [5, 5.41) is 0. The summed E-state index contributed by atoms with van der Waals surface area (Å²) in [4.78, 5) is 29.3. The van der Waals surface area contributed by atoms with Gasteiger partial charge in [-0.1, -0.05) is 6.07 Å². The number of rotatable bonds is 10. The molecule has 1 aromatic carbocycles. The molecule has 3 N–H and O–H groups in total. The van der Waals surface area contributed by atoms with Gasteiger partial charge in [-0.3, -0.25) is 9.59 Å². The van der Waals surface area contributed by atoms with Gasteiger partial charge < -0.3 is 20.4 Å². The van der Waals surface area contributed by atoms with Crippen molar-refractivity contribution >= 4 is 5.91 Å². The normalized spacial score (nSPS) is 18.7. The second kappa shape index (κ2) is 10.1. The first-order valence-electron chi connectivity index (χ1n) is 12.3. The highest BCUT2D eigenvalue weighted by Crippen LogP contribution is 2.34. The molecule has 1 heterocycles. The molecule has 6 heteroatoms. The van der Waals surface area contributed by atoms with Crippen LogP contribution in [-0.4, -0.2) is 42.0 Å². The molecule has 0 saturated heterocycles. The molecule has 0 bridgehead atoms. The van der Waals surface area contributed by atoms with Crippen molar-refractivity contribution in [2.75, 3.05) is 20.2 Å². The van der Waals surface area contributed by atoms with E-state index in [1.54, 1.807) is 13.2 Å². The van der Waals surface area contributed by atoms with E-state index in [1.807, 2.05) is 6.07 Å². The number of nitrogens with zero attached hydrogens (tertiary/aromatic N) is 1. The van der Waals surface area contributed by atoms with Crippen molar-refractivity contribution in [3.63, 3.8) is 0 Å². The third kappa shape index (κ3) is 5.67. The van der Waals surface area contributed by atoms with Crippen LogP contribution in [0.15, 0.2) is 29.1 Å². The third-order valence-corrected chi connectivity index (χ3v) is 7.62. The van der Waals surface area contributed by atoms with Gasteiger partial charge in [-0.15, -0.1) is 0 Å². The maximum absolute atomic E-state index is 12.1. The summed E-state index contributed by atoms with van der Waals surface area (Å²) in [6.07, 6.45) is 7.63. The largest absolute Gasteiger partial charge is 0.497 e. The number of aromatic nitrogens is 1. The van der Waals surface area contributed by atoms with Crippen molar-refractivity contribution in [1.29, 1.82) is 0 Å². The molecule has 0 aliphatic heterocycles. The van der Waals surface area contributed by atoms with Gasteiger partial charge in [0, 0.05) is 18.3 Å². The van der Waals surface area contributed by atoms with Crippen LogP contribution >= 0.6 is 0 Å². The van der Waals surface area contributed by atoms with Crippen LogP contribution in [0.4, 0.5) is 0 Å². The lowest BCUT2D eigenvalue weighted by atomic mass is 9.81. The van der Waals surface area contributed by atoms with Crippen LogP contribution in [0, 0.1) is 18.8 Å². The number of nitrogens with two attached hydrogens (primary N) is 1. The monoisotopic (exact) mass is 451 g/mol. The summed E-state index contributed by atoms with van der Waals surface area (Å²) >= 11 is 0. The first-order valence-corrected chi connectivity index (χ1v) is 12.3. The summed E-state index contributed by atoms with van der Waals surface area (Å²) in [5.74, 6) is 1.60. The Morgan fingerprint density at radius 2 is 2.06 bits per heavy atom. The lowest BCUT2D eigenvalue weighted by molar-refractivity contribution is 0.0998. The Balaban J connectivity index is 1.43. The molecular formula is C27H37N3O3. The van der Waals surface area contributed by atoms with Crippen molar-refractivity contribution < 1.29 is 9.53 Å². The molecule has 4 rings (SSSR count). The van der Waals surface area contributed by atoms with Crippen molar-refractivity contribution in [3.8, 4) is 5.75 Å².